The number of pyridine rings is 2. The molecule has 5 heterocycles. The summed E-state index contributed by atoms with van der Waals surface area (Å²) in [6.45, 7) is 4.98. The molecule has 1 aromatic carbocycles. The lowest BCUT2D eigenvalue weighted by Gasteiger charge is -2.20. The second kappa shape index (κ2) is 7.12. The molecule has 1 fully saturated rings. The van der Waals surface area contributed by atoms with E-state index in [0.717, 1.165) is 63.4 Å². The van der Waals surface area contributed by atoms with Crippen LogP contribution < -0.4 is 10.6 Å². The van der Waals surface area contributed by atoms with E-state index >= 15 is 0 Å². The smallest absolute Gasteiger partial charge is 0.159 e. The van der Waals surface area contributed by atoms with Gasteiger partial charge in [0, 0.05) is 29.4 Å². The number of aryl methyl sites for hydroxylation is 1. The number of halogens is 1. The molecule has 0 unspecified atom stereocenters. The standard InChI is InChI=1S/C24H20FN5OS/c1-12-19(22-20-14(8-26)24(27)32-23(20)17(25)9-28-22)16-11-31-10-15(16)13-4-5-18(29-21(12)13)30-6-2-3-7-30/h4-5,9H,2-3,6-7,10-11,27H2,1H3. The average Bonchev–Trinajstić information content (AvgIpc) is 3.55. The molecule has 0 amide bonds. The highest BCUT2D eigenvalue weighted by molar-refractivity contribution is 7.23. The molecular formula is C24H20FN5OS. The van der Waals surface area contributed by atoms with Gasteiger partial charge in [0.15, 0.2) is 5.82 Å². The number of nitrogens with two attached hydrogens (primary N) is 1. The highest BCUT2D eigenvalue weighted by atomic mass is 32.1. The number of rotatable bonds is 2. The molecular weight excluding hydrogens is 425 g/mol. The van der Waals surface area contributed by atoms with Crippen LogP contribution in [0.2, 0.25) is 0 Å². The number of hydrogen-bond acceptors (Lipinski definition) is 7. The van der Waals surface area contributed by atoms with Gasteiger partial charge in [-0.05, 0) is 48.6 Å². The lowest BCUT2D eigenvalue weighted by molar-refractivity contribution is 0.135. The van der Waals surface area contributed by atoms with E-state index in [1.165, 1.54) is 19.0 Å². The van der Waals surface area contributed by atoms with E-state index in [4.69, 9.17) is 15.5 Å². The molecule has 0 aliphatic carbocycles. The SMILES string of the molecule is Cc1c(-c2ncc(F)c3sc(N)c(C#N)c23)c2c(c3ccc(N4CCCC4)nc13)COC2. The number of nitrogens with zero attached hydrogens (tertiary/aromatic N) is 4. The summed E-state index contributed by atoms with van der Waals surface area (Å²) in [6, 6.07) is 6.38. The van der Waals surface area contributed by atoms with E-state index in [9.17, 15) is 9.65 Å². The number of fused-ring (bicyclic) bond motifs is 4. The molecule has 6 nitrogen and oxygen atoms in total. The van der Waals surface area contributed by atoms with Crippen LogP contribution in [-0.2, 0) is 18.0 Å². The quantitative estimate of drug-likeness (QED) is 0.465. The molecule has 3 aromatic heterocycles. The minimum Gasteiger partial charge on any atom is -0.389 e. The predicted octanol–water partition coefficient (Wildman–Crippen LogP) is 5.04. The number of nitriles is 1. The van der Waals surface area contributed by atoms with E-state index in [0.29, 0.717) is 34.0 Å². The fraction of sp³-hybridized carbons (Fsp3) is 0.292. The Morgan fingerprint density at radius 3 is 2.78 bits per heavy atom. The zero-order chi connectivity index (χ0) is 22.0. The molecule has 1 saturated heterocycles. The van der Waals surface area contributed by atoms with Crippen molar-refractivity contribution in [3.05, 3.63) is 46.4 Å². The highest BCUT2D eigenvalue weighted by Gasteiger charge is 2.28. The maximum Gasteiger partial charge on any atom is 0.159 e. The van der Waals surface area contributed by atoms with Crippen LogP contribution in [0.5, 0.6) is 0 Å². The molecule has 0 spiro atoms. The van der Waals surface area contributed by atoms with Gasteiger partial charge in [-0.25, -0.2) is 9.37 Å². The molecule has 0 radical (unpaired) electrons. The fourth-order valence-corrected chi connectivity index (χ4v) is 5.97. The van der Waals surface area contributed by atoms with Gasteiger partial charge >= 0.3 is 0 Å². The van der Waals surface area contributed by atoms with Gasteiger partial charge in [-0.2, -0.15) is 5.26 Å². The largest absolute Gasteiger partial charge is 0.389 e. The van der Waals surface area contributed by atoms with E-state index in [2.05, 4.69) is 28.1 Å². The molecule has 6 rings (SSSR count). The summed E-state index contributed by atoms with van der Waals surface area (Å²) in [7, 11) is 0. The monoisotopic (exact) mass is 445 g/mol. The minimum absolute atomic E-state index is 0.276. The number of thiophene rings is 1. The second-order valence-electron chi connectivity index (χ2n) is 8.32. The molecule has 160 valence electrons. The molecule has 2 aliphatic rings. The highest BCUT2D eigenvalue weighted by Crippen LogP contribution is 2.45. The lowest BCUT2D eigenvalue weighted by atomic mass is 9.90. The Morgan fingerprint density at radius 2 is 2.00 bits per heavy atom. The number of ether oxygens (including phenoxy) is 1. The zero-order valence-electron chi connectivity index (χ0n) is 17.5. The molecule has 4 aromatic rings. The first-order chi connectivity index (χ1) is 15.6. The number of nitrogen functional groups attached to an aromatic ring is 1. The van der Waals surface area contributed by atoms with Crippen molar-refractivity contribution in [3.8, 4) is 17.3 Å². The van der Waals surface area contributed by atoms with Gasteiger partial charge in [0.05, 0.1) is 40.9 Å². The van der Waals surface area contributed by atoms with E-state index in [1.54, 1.807) is 0 Å². The van der Waals surface area contributed by atoms with Crippen molar-refractivity contribution in [1.82, 2.24) is 9.97 Å². The summed E-state index contributed by atoms with van der Waals surface area (Å²) in [4.78, 5) is 11.8. The van der Waals surface area contributed by atoms with Crippen LogP contribution in [0.4, 0.5) is 15.2 Å². The number of benzene rings is 1. The Balaban J connectivity index is 1.70. The van der Waals surface area contributed by atoms with Gasteiger partial charge in [-0.1, -0.05) is 0 Å². The van der Waals surface area contributed by atoms with Crippen molar-refractivity contribution in [3.63, 3.8) is 0 Å². The second-order valence-corrected chi connectivity index (χ2v) is 9.37. The summed E-state index contributed by atoms with van der Waals surface area (Å²) in [5, 5.41) is 11.6. The normalized spacial score (nSPS) is 15.6. The third kappa shape index (κ3) is 2.65. The van der Waals surface area contributed by atoms with Crippen LogP contribution in [0.1, 0.15) is 35.1 Å². The van der Waals surface area contributed by atoms with E-state index < -0.39 is 5.82 Å². The Morgan fingerprint density at radius 1 is 1.22 bits per heavy atom. The summed E-state index contributed by atoms with van der Waals surface area (Å²) in [6.07, 6.45) is 3.57. The first-order valence-corrected chi connectivity index (χ1v) is 11.4. The van der Waals surface area contributed by atoms with Crippen LogP contribution in [0.15, 0.2) is 18.3 Å². The van der Waals surface area contributed by atoms with Gasteiger partial charge in [-0.15, -0.1) is 11.3 Å². The third-order valence-electron chi connectivity index (χ3n) is 6.57. The van der Waals surface area contributed by atoms with E-state index in [1.807, 2.05) is 6.92 Å². The van der Waals surface area contributed by atoms with Crippen LogP contribution in [0, 0.1) is 24.1 Å². The van der Waals surface area contributed by atoms with Crippen molar-refractivity contribution in [1.29, 1.82) is 5.26 Å². The van der Waals surface area contributed by atoms with Crippen LogP contribution in [0.25, 0.3) is 32.2 Å². The lowest BCUT2D eigenvalue weighted by Crippen LogP contribution is -2.19. The summed E-state index contributed by atoms with van der Waals surface area (Å²) in [5.41, 5.74) is 11.8. The zero-order valence-corrected chi connectivity index (χ0v) is 18.4. The number of aromatic nitrogens is 2. The maximum atomic E-state index is 14.6. The van der Waals surface area contributed by atoms with E-state index in [-0.39, 0.29) is 5.56 Å². The van der Waals surface area contributed by atoms with Gasteiger partial charge in [0.2, 0.25) is 0 Å². The molecule has 32 heavy (non-hydrogen) atoms. The van der Waals surface area contributed by atoms with Crippen molar-refractivity contribution in [2.75, 3.05) is 23.7 Å². The number of hydrogen-bond donors (Lipinski definition) is 1. The van der Waals surface area contributed by atoms with Crippen molar-refractivity contribution in [2.45, 2.75) is 33.0 Å². The number of anilines is 2. The van der Waals surface area contributed by atoms with Crippen LogP contribution in [-0.4, -0.2) is 23.1 Å². The Hall–Kier alpha value is -3.28. The molecule has 2 aliphatic heterocycles. The topological polar surface area (TPSA) is 88.1 Å². The Labute approximate surface area is 188 Å². The minimum atomic E-state index is -0.470. The first-order valence-electron chi connectivity index (χ1n) is 10.6. The molecule has 0 atom stereocenters. The molecule has 8 heteroatoms. The molecule has 0 saturated carbocycles. The fourth-order valence-electron chi connectivity index (χ4n) is 5.05. The van der Waals surface area contributed by atoms with Crippen molar-refractivity contribution >= 4 is 43.1 Å². The molecule has 0 bridgehead atoms. The van der Waals surface area contributed by atoms with Crippen LogP contribution >= 0.6 is 11.3 Å². The Bertz CT molecular complexity index is 1470. The van der Waals surface area contributed by atoms with Gasteiger partial charge in [0.25, 0.3) is 0 Å². The summed E-state index contributed by atoms with van der Waals surface area (Å²) < 4.78 is 20.8. The summed E-state index contributed by atoms with van der Waals surface area (Å²) in [5.74, 6) is 0.500. The Kier molecular flexibility index (Phi) is 4.32. The molecule has 2 N–H and O–H groups in total. The average molecular weight is 446 g/mol. The van der Waals surface area contributed by atoms with Gasteiger partial charge in [-0.3, -0.25) is 4.98 Å². The first kappa shape index (κ1) is 19.4. The van der Waals surface area contributed by atoms with Crippen molar-refractivity contribution in [2.24, 2.45) is 0 Å². The maximum absolute atomic E-state index is 14.6. The van der Waals surface area contributed by atoms with Gasteiger partial charge < -0.3 is 15.4 Å². The predicted molar refractivity (Wildman–Crippen MR) is 124 cm³/mol. The third-order valence-corrected chi connectivity index (χ3v) is 7.60. The van der Waals surface area contributed by atoms with Crippen molar-refractivity contribution < 1.29 is 9.13 Å². The van der Waals surface area contributed by atoms with Crippen LogP contribution in [0.3, 0.4) is 0 Å². The van der Waals surface area contributed by atoms with Gasteiger partial charge in [0.1, 0.15) is 16.9 Å². The summed E-state index contributed by atoms with van der Waals surface area (Å²) >= 11 is 1.09.